The van der Waals surface area contributed by atoms with E-state index in [1.807, 2.05) is 6.07 Å². The molecule has 3 aliphatic rings. The highest BCUT2D eigenvalue weighted by atomic mass is 127. The molecule has 5 rings (SSSR count). The molecule has 9 nitrogen and oxygen atoms in total. The summed E-state index contributed by atoms with van der Waals surface area (Å²) in [6.07, 6.45) is 7.21. The number of benzene rings is 1. The lowest BCUT2D eigenvalue weighted by Gasteiger charge is -2.33. The summed E-state index contributed by atoms with van der Waals surface area (Å²) in [5, 5.41) is 4.83. The van der Waals surface area contributed by atoms with Crippen LogP contribution in [0.4, 0.5) is 4.79 Å². The highest BCUT2D eigenvalue weighted by Crippen LogP contribution is 2.38. The molecule has 1 N–H and O–H groups in total. The number of hydrogen-bond acceptors (Lipinski definition) is 7. The highest BCUT2D eigenvalue weighted by molar-refractivity contribution is 14.1. The van der Waals surface area contributed by atoms with Gasteiger partial charge < -0.3 is 24.4 Å². The maximum atomic E-state index is 14.3. The third kappa shape index (κ3) is 6.73. The Balaban J connectivity index is 1.54. The molecule has 2 aromatic rings. The van der Waals surface area contributed by atoms with Gasteiger partial charge in [-0.25, -0.2) is 14.6 Å². The molecule has 2 amide bonds. The molecule has 1 aromatic carbocycles. The number of alkyl carbamates (subject to hydrolysis) is 1. The van der Waals surface area contributed by atoms with Gasteiger partial charge in [0.05, 0.1) is 13.2 Å². The third-order valence-electron chi connectivity index (χ3n) is 8.56. The molecule has 1 saturated carbocycles. The van der Waals surface area contributed by atoms with Crippen molar-refractivity contribution in [3.8, 4) is 5.88 Å². The zero-order valence-electron chi connectivity index (χ0n) is 24.1. The van der Waals surface area contributed by atoms with Crippen molar-refractivity contribution >= 4 is 51.3 Å². The quantitative estimate of drug-likeness (QED) is 0.197. The third-order valence-corrected chi connectivity index (χ3v) is 9.96. The number of aromatic nitrogens is 1. The smallest absolute Gasteiger partial charge is 0.407 e. The predicted molar refractivity (Wildman–Crippen MR) is 163 cm³/mol. The van der Waals surface area contributed by atoms with Crippen LogP contribution in [0.15, 0.2) is 30.5 Å². The van der Waals surface area contributed by atoms with Crippen LogP contribution in [-0.2, 0) is 25.5 Å². The maximum Gasteiger partial charge on any atom is 0.407 e. The van der Waals surface area contributed by atoms with Crippen molar-refractivity contribution in [1.29, 1.82) is 0 Å². The van der Waals surface area contributed by atoms with Crippen molar-refractivity contribution in [1.82, 2.24) is 15.2 Å². The van der Waals surface area contributed by atoms with Crippen molar-refractivity contribution in [2.24, 2.45) is 11.3 Å². The van der Waals surface area contributed by atoms with E-state index in [9.17, 15) is 14.4 Å². The van der Waals surface area contributed by atoms with Crippen LogP contribution >= 0.6 is 22.6 Å². The van der Waals surface area contributed by atoms with Crippen LogP contribution in [0.25, 0.3) is 10.8 Å². The molecule has 1 aromatic heterocycles. The van der Waals surface area contributed by atoms with E-state index in [2.05, 4.69) is 64.9 Å². The molecule has 0 unspecified atom stereocenters. The van der Waals surface area contributed by atoms with E-state index >= 15 is 0 Å². The minimum absolute atomic E-state index is 0.0294. The Morgan fingerprint density at radius 2 is 1.98 bits per heavy atom. The number of cyclic esters (lactones) is 1. The zero-order valence-corrected chi connectivity index (χ0v) is 26.2. The van der Waals surface area contributed by atoms with Gasteiger partial charge in [-0.2, -0.15) is 0 Å². The molecule has 2 aliphatic heterocycles. The van der Waals surface area contributed by atoms with Crippen LogP contribution in [0.5, 0.6) is 5.88 Å². The summed E-state index contributed by atoms with van der Waals surface area (Å²) in [6, 6.07) is 6.66. The molecule has 0 radical (unpaired) electrons. The standard InChI is InChI=1S/C31H40IN3O6/c1-4-39-29(37)23-17-24-26(32)35(23)28(36)25(21-9-5-6-10-21)34-30(38)40-18-31(2,3)14-7-8-19-11-12-20-13-15-33-27(41-24)22(20)16-19/h11-13,15-16,21,23-26H,4-10,14,17-18H2,1-3H3,(H,34,38)/t23-,24-,25-,26-/m0/s1. The van der Waals surface area contributed by atoms with Gasteiger partial charge in [0, 0.05) is 18.0 Å². The zero-order chi connectivity index (χ0) is 29.1. The van der Waals surface area contributed by atoms with Crippen molar-refractivity contribution in [2.45, 2.75) is 94.4 Å². The van der Waals surface area contributed by atoms with Crippen molar-refractivity contribution < 1.29 is 28.6 Å². The van der Waals surface area contributed by atoms with E-state index in [-0.39, 0.29) is 36.9 Å². The number of carbonyl (C=O) groups excluding carboxylic acids is 3. The highest BCUT2D eigenvalue weighted by Gasteiger charge is 2.51. The maximum absolute atomic E-state index is 14.3. The topological polar surface area (TPSA) is 107 Å². The van der Waals surface area contributed by atoms with Crippen LogP contribution < -0.4 is 10.1 Å². The van der Waals surface area contributed by atoms with Crippen LogP contribution in [0.3, 0.4) is 0 Å². The number of halogens is 1. The first-order chi connectivity index (χ1) is 19.7. The lowest BCUT2D eigenvalue weighted by molar-refractivity contribution is -0.154. The number of esters is 1. The number of pyridine rings is 1. The van der Waals surface area contributed by atoms with Crippen LogP contribution in [-0.4, -0.2) is 63.3 Å². The number of ether oxygens (including phenoxy) is 3. The van der Waals surface area contributed by atoms with Gasteiger partial charge in [0.2, 0.25) is 11.8 Å². The molecule has 1 saturated heterocycles. The number of hydrogen-bond donors (Lipinski definition) is 1. The minimum atomic E-state index is -0.831. The van der Waals surface area contributed by atoms with Gasteiger partial charge in [-0.05, 0) is 73.4 Å². The molecular weight excluding hydrogens is 637 g/mol. The SMILES string of the molecule is CCOC(=O)[C@@H]1C[C@@H]2Oc3nccc4ccc(cc34)CCCC(C)(C)COC(=O)N[C@@H](C3CCCC3)C(=O)N1[C@@H]2I. The van der Waals surface area contributed by atoms with Gasteiger partial charge in [0.1, 0.15) is 22.2 Å². The molecule has 10 heteroatoms. The van der Waals surface area contributed by atoms with Crippen LogP contribution in [0.2, 0.25) is 0 Å². The largest absolute Gasteiger partial charge is 0.471 e. The fraction of sp³-hybridized carbons (Fsp3) is 0.613. The number of fused-ring (bicyclic) bond motifs is 3. The molecule has 4 atom stereocenters. The first kappa shape index (κ1) is 29.8. The number of nitrogens with one attached hydrogen (secondary N) is 1. The molecule has 1 aliphatic carbocycles. The number of nitrogens with zero attached hydrogens (tertiary/aromatic N) is 2. The van der Waals surface area contributed by atoms with Gasteiger partial charge in [-0.1, -0.05) is 61.4 Å². The van der Waals surface area contributed by atoms with Gasteiger partial charge in [0.25, 0.3) is 0 Å². The Morgan fingerprint density at radius 3 is 2.73 bits per heavy atom. The Morgan fingerprint density at radius 1 is 1.20 bits per heavy atom. The first-order valence-electron chi connectivity index (χ1n) is 14.8. The molecule has 3 heterocycles. The minimum Gasteiger partial charge on any atom is -0.471 e. The molecule has 2 fully saturated rings. The number of aryl methyl sites for hydroxylation is 1. The lowest BCUT2D eigenvalue weighted by Crippen LogP contribution is -2.56. The monoisotopic (exact) mass is 677 g/mol. The van der Waals surface area contributed by atoms with Gasteiger partial charge in [-0.15, -0.1) is 0 Å². The van der Waals surface area contributed by atoms with E-state index in [0.717, 1.165) is 55.7 Å². The van der Waals surface area contributed by atoms with E-state index in [1.54, 1.807) is 18.0 Å². The summed E-state index contributed by atoms with van der Waals surface area (Å²) < 4.78 is 17.1. The fourth-order valence-corrected chi connectivity index (χ4v) is 7.41. The van der Waals surface area contributed by atoms with Gasteiger partial charge >= 0.3 is 12.1 Å². The fourth-order valence-electron chi connectivity index (χ4n) is 6.31. The Labute approximate surface area is 255 Å². The van der Waals surface area contributed by atoms with Crippen LogP contribution in [0.1, 0.15) is 71.3 Å². The summed E-state index contributed by atoms with van der Waals surface area (Å²) in [5.74, 6) is -0.310. The lowest BCUT2D eigenvalue weighted by atomic mass is 9.87. The average molecular weight is 678 g/mol. The first-order valence-corrected chi connectivity index (χ1v) is 16.0. The number of alkyl halides is 1. The summed E-state index contributed by atoms with van der Waals surface area (Å²) in [6.45, 7) is 6.37. The summed E-state index contributed by atoms with van der Waals surface area (Å²) >= 11 is 2.18. The number of carbonyl (C=O) groups is 3. The second-order valence-corrected chi connectivity index (χ2v) is 13.5. The van der Waals surface area contributed by atoms with Gasteiger partial charge in [0.15, 0.2) is 0 Å². The number of amides is 2. The average Bonchev–Trinajstić information content (AvgIpc) is 3.59. The Hall–Kier alpha value is -2.63. The van der Waals surface area contributed by atoms with Crippen molar-refractivity contribution in [2.75, 3.05) is 13.2 Å². The van der Waals surface area contributed by atoms with Crippen molar-refractivity contribution in [3.05, 3.63) is 36.0 Å². The van der Waals surface area contributed by atoms with E-state index in [0.29, 0.717) is 5.88 Å². The Kier molecular flexibility index (Phi) is 9.25. The van der Waals surface area contributed by atoms with E-state index in [1.165, 1.54) is 5.56 Å². The summed E-state index contributed by atoms with van der Waals surface area (Å²) in [5.41, 5.74) is 0.941. The second-order valence-electron chi connectivity index (χ2n) is 12.2. The molecule has 222 valence electrons. The normalized spacial score (nSPS) is 27.6. The summed E-state index contributed by atoms with van der Waals surface area (Å²) in [7, 11) is 0. The Bertz CT molecular complexity index is 1280. The molecule has 4 bridgehead atoms. The van der Waals surface area contributed by atoms with E-state index < -0.39 is 34.3 Å². The number of rotatable bonds is 3. The molecule has 0 spiro atoms. The summed E-state index contributed by atoms with van der Waals surface area (Å²) in [4.78, 5) is 46.7. The second kappa shape index (κ2) is 12.7. The van der Waals surface area contributed by atoms with Gasteiger partial charge in [-0.3, -0.25) is 4.79 Å². The van der Waals surface area contributed by atoms with E-state index in [4.69, 9.17) is 14.2 Å². The molecule has 41 heavy (non-hydrogen) atoms. The predicted octanol–water partition coefficient (Wildman–Crippen LogP) is 5.55. The van der Waals surface area contributed by atoms with Crippen molar-refractivity contribution in [3.63, 3.8) is 0 Å². The molecular formula is C31H40IN3O6. The van der Waals surface area contributed by atoms with Crippen LogP contribution in [0, 0.1) is 11.3 Å².